The Kier molecular flexibility index (Phi) is 7.29. The first kappa shape index (κ1) is 19.2. The molecule has 0 saturated carbocycles. The lowest BCUT2D eigenvalue weighted by atomic mass is 10.3. The van der Waals surface area contributed by atoms with Crippen molar-refractivity contribution in [2.45, 2.75) is 13.2 Å². The zero-order chi connectivity index (χ0) is 16.4. The molecule has 0 fully saturated rings. The van der Waals surface area contributed by atoms with Crippen LogP contribution in [0.3, 0.4) is 0 Å². The van der Waals surface area contributed by atoms with E-state index in [1.165, 1.54) is 0 Å². The normalized spacial score (nSPS) is 10.9. The Balaban J connectivity index is 2.15. The quantitative estimate of drug-likeness (QED) is 0.239. The minimum Gasteiger partial charge on any atom is -0.454 e. The second kappa shape index (κ2) is 8.34. The van der Waals surface area contributed by atoms with E-state index in [2.05, 4.69) is 95.6 Å². The zero-order valence-corrected chi connectivity index (χ0v) is 20.5. The van der Waals surface area contributed by atoms with E-state index >= 15 is 0 Å². The third kappa shape index (κ3) is 4.96. The molecular weight excluding hydrogens is 680 g/mol. The van der Waals surface area contributed by atoms with Gasteiger partial charge >= 0.3 is 0 Å². The van der Waals surface area contributed by atoms with Gasteiger partial charge in [0.15, 0.2) is 0 Å². The van der Waals surface area contributed by atoms with Gasteiger partial charge in [-0.15, -0.1) is 0 Å². The smallest absolute Gasteiger partial charge is 0.238 e. The van der Waals surface area contributed by atoms with Gasteiger partial charge in [-0.05, 0) is 120 Å². The summed E-state index contributed by atoms with van der Waals surface area (Å²) in [7, 11) is 0. The van der Waals surface area contributed by atoms with Gasteiger partial charge in [0.05, 0.1) is 8.95 Å². The summed E-state index contributed by atoms with van der Waals surface area (Å²) in [6.45, 7) is 1.84. The average molecular weight is 688 g/mol. The Morgan fingerprint density at radius 3 is 1.27 bits per heavy atom. The van der Waals surface area contributed by atoms with Gasteiger partial charge in [-0.2, -0.15) is 0 Å². The Morgan fingerprint density at radius 2 is 0.909 bits per heavy atom. The molecule has 2 rings (SSSR count). The van der Waals surface area contributed by atoms with Gasteiger partial charge in [-0.3, -0.25) is 0 Å². The summed E-state index contributed by atoms with van der Waals surface area (Å²) in [5.41, 5.74) is 0. The molecule has 118 valence electrons. The molecular formula is C14H8Br6O2. The van der Waals surface area contributed by atoms with Crippen molar-refractivity contribution < 1.29 is 9.47 Å². The van der Waals surface area contributed by atoms with Gasteiger partial charge in [0.1, 0.15) is 11.5 Å². The van der Waals surface area contributed by atoms with E-state index in [1.54, 1.807) is 0 Å². The first-order chi connectivity index (χ1) is 10.3. The maximum atomic E-state index is 5.84. The van der Waals surface area contributed by atoms with Crippen molar-refractivity contribution in [3.05, 3.63) is 51.1 Å². The molecule has 0 amide bonds. The zero-order valence-electron chi connectivity index (χ0n) is 11.0. The fourth-order valence-electron chi connectivity index (χ4n) is 1.57. The number of benzene rings is 2. The van der Waals surface area contributed by atoms with Crippen LogP contribution in [0.4, 0.5) is 0 Å². The predicted octanol–water partition coefficient (Wildman–Crippen LogP) is 8.07. The lowest BCUT2D eigenvalue weighted by Crippen LogP contribution is -2.20. The van der Waals surface area contributed by atoms with Crippen molar-refractivity contribution in [3.8, 4) is 11.5 Å². The summed E-state index contributed by atoms with van der Waals surface area (Å²) in [5, 5.41) is 0. The number of halogens is 6. The highest BCUT2D eigenvalue weighted by Crippen LogP contribution is 2.37. The largest absolute Gasteiger partial charge is 0.454 e. The highest BCUT2D eigenvalue weighted by molar-refractivity contribution is 9.13. The lowest BCUT2D eigenvalue weighted by Gasteiger charge is -2.19. The van der Waals surface area contributed by atoms with Crippen LogP contribution in [0.1, 0.15) is 6.92 Å². The summed E-state index contributed by atoms with van der Waals surface area (Å²) >= 11 is 20.8. The van der Waals surface area contributed by atoms with E-state index in [4.69, 9.17) is 9.47 Å². The second-order valence-electron chi connectivity index (χ2n) is 4.20. The lowest BCUT2D eigenvalue weighted by molar-refractivity contribution is 0.0210. The Bertz CT molecular complexity index is 645. The highest BCUT2D eigenvalue weighted by Gasteiger charge is 2.14. The molecule has 0 saturated heterocycles. The predicted molar refractivity (Wildman–Crippen MR) is 110 cm³/mol. The molecule has 0 aliphatic heterocycles. The van der Waals surface area contributed by atoms with Crippen LogP contribution in [0, 0.1) is 0 Å². The Morgan fingerprint density at radius 1 is 0.591 bits per heavy atom. The topological polar surface area (TPSA) is 18.5 Å². The van der Waals surface area contributed by atoms with Crippen LogP contribution in [0.2, 0.25) is 0 Å². The maximum Gasteiger partial charge on any atom is 0.238 e. The van der Waals surface area contributed by atoms with E-state index in [1.807, 2.05) is 31.2 Å². The molecule has 0 N–H and O–H groups in total. The molecule has 0 heterocycles. The fourth-order valence-corrected chi connectivity index (χ4v) is 4.39. The molecule has 8 heteroatoms. The van der Waals surface area contributed by atoms with Crippen molar-refractivity contribution in [1.82, 2.24) is 0 Å². The molecule has 2 nitrogen and oxygen atoms in total. The van der Waals surface area contributed by atoms with E-state index in [-0.39, 0.29) is 0 Å². The van der Waals surface area contributed by atoms with Crippen molar-refractivity contribution in [1.29, 1.82) is 0 Å². The van der Waals surface area contributed by atoms with E-state index in [9.17, 15) is 0 Å². The summed E-state index contributed by atoms with van der Waals surface area (Å²) in [6.07, 6.45) is -0.464. The first-order valence-corrected chi connectivity index (χ1v) is 10.7. The van der Waals surface area contributed by atoms with Crippen LogP contribution >= 0.6 is 95.6 Å². The average Bonchev–Trinajstić information content (AvgIpc) is 2.42. The van der Waals surface area contributed by atoms with Gasteiger partial charge in [0.2, 0.25) is 6.29 Å². The molecule has 0 radical (unpaired) electrons. The van der Waals surface area contributed by atoms with Crippen LogP contribution in [-0.2, 0) is 0 Å². The molecule has 22 heavy (non-hydrogen) atoms. The van der Waals surface area contributed by atoms with Crippen LogP contribution < -0.4 is 9.47 Å². The summed E-state index contributed by atoms with van der Waals surface area (Å²) in [4.78, 5) is 0. The molecule has 0 bridgehead atoms. The van der Waals surface area contributed by atoms with Gasteiger partial charge in [-0.25, -0.2) is 0 Å². The molecule has 2 aromatic rings. The summed E-state index contributed by atoms with van der Waals surface area (Å²) < 4.78 is 17.1. The molecule has 0 unspecified atom stereocenters. The molecule has 0 aliphatic rings. The number of rotatable bonds is 4. The maximum absolute atomic E-state index is 5.84. The van der Waals surface area contributed by atoms with Gasteiger partial charge in [0, 0.05) is 24.8 Å². The Labute approximate surface area is 179 Å². The van der Waals surface area contributed by atoms with E-state index < -0.39 is 6.29 Å². The van der Waals surface area contributed by atoms with E-state index in [0.717, 1.165) is 26.8 Å². The third-order valence-electron chi connectivity index (χ3n) is 2.54. The SMILES string of the molecule is CC(Oc1cc(Br)c(Br)cc1Br)Oc1cc(Br)c(Br)cc1Br. The minimum absolute atomic E-state index is 0.464. The monoisotopic (exact) mass is 682 g/mol. The van der Waals surface area contributed by atoms with E-state index in [0.29, 0.717) is 11.5 Å². The molecule has 2 aromatic carbocycles. The van der Waals surface area contributed by atoms with Crippen molar-refractivity contribution in [2.75, 3.05) is 0 Å². The van der Waals surface area contributed by atoms with Crippen LogP contribution in [-0.4, -0.2) is 6.29 Å². The standard InChI is InChI=1S/C14H8Br6O2/c1-6(21-13-4-9(17)7(15)2-11(13)19)22-14-5-10(18)8(16)3-12(14)20/h2-6H,1H3. The van der Waals surface area contributed by atoms with Crippen molar-refractivity contribution >= 4 is 95.6 Å². The first-order valence-electron chi connectivity index (χ1n) is 5.90. The Hall–Kier alpha value is 0.920. The number of hydrogen-bond acceptors (Lipinski definition) is 2. The second-order valence-corrected chi connectivity index (χ2v) is 9.32. The molecule has 0 aromatic heterocycles. The van der Waals surface area contributed by atoms with Crippen LogP contribution in [0.15, 0.2) is 51.1 Å². The van der Waals surface area contributed by atoms with Crippen LogP contribution in [0.25, 0.3) is 0 Å². The third-order valence-corrected chi connectivity index (χ3v) is 7.46. The van der Waals surface area contributed by atoms with Crippen LogP contribution in [0.5, 0.6) is 11.5 Å². The minimum atomic E-state index is -0.464. The summed E-state index contributed by atoms with van der Waals surface area (Å²) in [6, 6.07) is 7.58. The fraction of sp³-hybridized carbons (Fsp3) is 0.143. The van der Waals surface area contributed by atoms with Gasteiger partial charge in [0.25, 0.3) is 0 Å². The number of hydrogen-bond donors (Lipinski definition) is 0. The summed E-state index contributed by atoms with van der Waals surface area (Å²) in [5.74, 6) is 1.38. The molecule has 0 atom stereocenters. The molecule has 0 spiro atoms. The van der Waals surface area contributed by atoms with Gasteiger partial charge in [-0.1, -0.05) is 0 Å². The van der Waals surface area contributed by atoms with Crippen molar-refractivity contribution in [3.63, 3.8) is 0 Å². The van der Waals surface area contributed by atoms with Gasteiger partial charge < -0.3 is 9.47 Å². The van der Waals surface area contributed by atoms with Crippen molar-refractivity contribution in [2.24, 2.45) is 0 Å². The highest BCUT2D eigenvalue weighted by atomic mass is 79.9. The molecule has 0 aliphatic carbocycles. The number of ether oxygens (including phenoxy) is 2.